The van der Waals surface area contributed by atoms with E-state index in [-0.39, 0.29) is 22.4 Å². The predicted octanol–water partition coefficient (Wildman–Crippen LogP) is 2.88. The third-order valence-corrected chi connectivity index (χ3v) is 7.25. The van der Waals surface area contributed by atoms with Crippen molar-refractivity contribution in [1.82, 2.24) is 4.72 Å². The van der Waals surface area contributed by atoms with Crippen LogP contribution in [0.5, 0.6) is 0 Å². The first kappa shape index (κ1) is 23.8. The maximum atomic E-state index is 12.5. The number of sulfonamides is 1. The van der Waals surface area contributed by atoms with E-state index >= 15 is 0 Å². The van der Waals surface area contributed by atoms with Gasteiger partial charge in [-0.2, -0.15) is 4.72 Å². The van der Waals surface area contributed by atoms with Crippen molar-refractivity contribution in [2.24, 2.45) is 17.6 Å². The van der Waals surface area contributed by atoms with Crippen LogP contribution in [-0.2, 0) is 21.2 Å². The number of rotatable bonds is 10. The van der Waals surface area contributed by atoms with Crippen LogP contribution in [0.4, 0.5) is 0 Å². The third kappa shape index (κ3) is 5.14. The van der Waals surface area contributed by atoms with E-state index in [1.807, 2.05) is 0 Å². The Balaban J connectivity index is 1.53. The van der Waals surface area contributed by atoms with E-state index < -0.39 is 27.9 Å². The average molecular weight is 457 g/mol. The zero-order valence-electron chi connectivity index (χ0n) is 18.2. The summed E-state index contributed by atoms with van der Waals surface area (Å²) >= 11 is 0. The van der Waals surface area contributed by atoms with Crippen LogP contribution in [0.1, 0.15) is 59.4 Å². The standard InChI is InChI=1S/C24H28N2O5S/c1-15(2)21(24(25)29)26-32(30,31)17-13-11-16(12-14-17)7-3-4-10-20-22(27)18-8-5-6-9-19(18)23(20)28/h5-6,8-9,11-15,20-21,26H,3-4,7,10H2,1-2H3,(H2,25,29)/t21-/m0/s1. The number of amides is 1. The fraction of sp³-hybridized carbons (Fsp3) is 0.375. The Morgan fingerprint density at radius 3 is 2.03 bits per heavy atom. The zero-order chi connectivity index (χ0) is 23.5. The highest BCUT2D eigenvalue weighted by Crippen LogP contribution is 2.30. The van der Waals surface area contributed by atoms with Crippen molar-refractivity contribution >= 4 is 27.5 Å². The van der Waals surface area contributed by atoms with Crippen LogP contribution in [0.25, 0.3) is 0 Å². The number of nitrogens with one attached hydrogen (secondary N) is 1. The molecule has 7 nitrogen and oxygen atoms in total. The summed E-state index contributed by atoms with van der Waals surface area (Å²) in [6.07, 6.45) is 2.69. The van der Waals surface area contributed by atoms with Crippen LogP contribution in [0.3, 0.4) is 0 Å². The number of fused-ring (bicyclic) bond motifs is 1. The van der Waals surface area contributed by atoms with E-state index in [0.717, 1.165) is 12.0 Å². The molecular weight excluding hydrogens is 428 g/mol. The first-order valence-corrected chi connectivity index (χ1v) is 12.2. The Morgan fingerprint density at radius 1 is 0.969 bits per heavy atom. The van der Waals surface area contributed by atoms with Gasteiger partial charge in [-0.05, 0) is 42.9 Å². The fourth-order valence-corrected chi connectivity index (χ4v) is 5.29. The Kier molecular flexibility index (Phi) is 7.26. The monoisotopic (exact) mass is 456 g/mol. The molecule has 2 aromatic rings. The molecule has 0 saturated carbocycles. The molecule has 8 heteroatoms. The summed E-state index contributed by atoms with van der Waals surface area (Å²) in [6.45, 7) is 3.43. The van der Waals surface area contributed by atoms with Gasteiger partial charge in [0.25, 0.3) is 0 Å². The van der Waals surface area contributed by atoms with Crippen molar-refractivity contribution in [2.75, 3.05) is 0 Å². The number of ketones is 2. The molecule has 1 aliphatic rings. The molecule has 3 rings (SSSR count). The van der Waals surface area contributed by atoms with Gasteiger partial charge in [0.1, 0.15) is 6.04 Å². The van der Waals surface area contributed by atoms with E-state index in [4.69, 9.17) is 5.73 Å². The largest absolute Gasteiger partial charge is 0.368 e. The van der Waals surface area contributed by atoms with Crippen molar-refractivity contribution < 1.29 is 22.8 Å². The number of aryl methyl sites for hydroxylation is 1. The van der Waals surface area contributed by atoms with Gasteiger partial charge in [-0.1, -0.05) is 56.7 Å². The molecule has 170 valence electrons. The van der Waals surface area contributed by atoms with Gasteiger partial charge in [-0.3, -0.25) is 14.4 Å². The van der Waals surface area contributed by atoms with Crippen molar-refractivity contribution in [3.8, 4) is 0 Å². The summed E-state index contributed by atoms with van der Waals surface area (Å²) in [5, 5.41) is 0. The van der Waals surface area contributed by atoms with Crippen LogP contribution < -0.4 is 10.5 Å². The molecule has 0 saturated heterocycles. The summed E-state index contributed by atoms with van der Waals surface area (Å²) < 4.78 is 27.4. The minimum atomic E-state index is -3.87. The Labute approximate surface area is 188 Å². The second-order valence-electron chi connectivity index (χ2n) is 8.46. The minimum Gasteiger partial charge on any atom is -0.368 e. The number of unbranched alkanes of at least 4 members (excludes halogenated alkanes) is 1. The summed E-state index contributed by atoms with van der Waals surface area (Å²) in [7, 11) is -3.87. The number of benzene rings is 2. The first-order chi connectivity index (χ1) is 15.1. The lowest BCUT2D eigenvalue weighted by molar-refractivity contribution is -0.120. The lowest BCUT2D eigenvalue weighted by atomic mass is 9.95. The van der Waals surface area contributed by atoms with E-state index in [1.165, 1.54) is 12.1 Å². The molecule has 0 aromatic heterocycles. The highest BCUT2D eigenvalue weighted by atomic mass is 32.2. The molecule has 32 heavy (non-hydrogen) atoms. The predicted molar refractivity (Wildman–Crippen MR) is 121 cm³/mol. The molecule has 0 heterocycles. The molecule has 0 fully saturated rings. The molecule has 0 unspecified atom stereocenters. The molecule has 1 atom stereocenters. The van der Waals surface area contributed by atoms with Gasteiger partial charge in [0, 0.05) is 11.1 Å². The molecule has 0 spiro atoms. The zero-order valence-corrected chi connectivity index (χ0v) is 19.0. The van der Waals surface area contributed by atoms with Crippen molar-refractivity contribution in [3.05, 3.63) is 65.2 Å². The number of hydrogen-bond acceptors (Lipinski definition) is 5. The highest BCUT2D eigenvalue weighted by Gasteiger charge is 2.37. The molecule has 1 aliphatic carbocycles. The van der Waals surface area contributed by atoms with E-state index in [1.54, 1.807) is 50.2 Å². The lowest BCUT2D eigenvalue weighted by Gasteiger charge is -2.19. The fourth-order valence-electron chi connectivity index (χ4n) is 3.94. The van der Waals surface area contributed by atoms with Crippen molar-refractivity contribution in [3.63, 3.8) is 0 Å². The number of hydrogen-bond donors (Lipinski definition) is 2. The second kappa shape index (κ2) is 9.75. The van der Waals surface area contributed by atoms with Crippen LogP contribution in [0.2, 0.25) is 0 Å². The third-order valence-electron chi connectivity index (χ3n) is 5.79. The molecule has 0 aliphatic heterocycles. The van der Waals surface area contributed by atoms with E-state index in [2.05, 4.69) is 4.72 Å². The molecule has 1 amide bonds. The number of Topliss-reactive ketones (excluding diaryl/α,β-unsaturated/α-hetero) is 2. The van der Waals surface area contributed by atoms with Gasteiger partial charge in [-0.25, -0.2) is 8.42 Å². The summed E-state index contributed by atoms with van der Waals surface area (Å²) in [5.74, 6) is -1.77. The molecular formula is C24H28N2O5S. The maximum Gasteiger partial charge on any atom is 0.241 e. The second-order valence-corrected chi connectivity index (χ2v) is 10.2. The lowest BCUT2D eigenvalue weighted by Crippen LogP contribution is -2.47. The Hall–Kier alpha value is -2.84. The Bertz CT molecular complexity index is 1090. The van der Waals surface area contributed by atoms with Gasteiger partial charge in [0.2, 0.25) is 15.9 Å². The van der Waals surface area contributed by atoms with Crippen molar-refractivity contribution in [1.29, 1.82) is 0 Å². The maximum absolute atomic E-state index is 12.5. The minimum absolute atomic E-state index is 0.0630. The smallest absolute Gasteiger partial charge is 0.241 e. The average Bonchev–Trinajstić information content (AvgIpc) is 3.00. The summed E-state index contributed by atoms with van der Waals surface area (Å²) in [5.41, 5.74) is 7.28. The van der Waals surface area contributed by atoms with E-state index in [9.17, 15) is 22.8 Å². The number of nitrogens with two attached hydrogens (primary N) is 1. The summed E-state index contributed by atoms with van der Waals surface area (Å²) in [4.78, 5) is 36.5. The van der Waals surface area contributed by atoms with Gasteiger partial charge in [0.05, 0.1) is 10.8 Å². The normalized spacial score (nSPS) is 15.2. The SMILES string of the molecule is CC(C)[C@H](NS(=O)(=O)c1ccc(CCCCC2C(=O)c3ccccc3C2=O)cc1)C(N)=O. The van der Waals surface area contributed by atoms with Crippen LogP contribution in [-0.4, -0.2) is 31.9 Å². The van der Waals surface area contributed by atoms with Crippen LogP contribution in [0, 0.1) is 11.8 Å². The molecule has 0 bridgehead atoms. The van der Waals surface area contributed by atoms with Crippen LogP contribution in [0.15, 0.2) is 53.4 Å². The van der Waals surface area contributed by atoms with Crippen molar-refractivity contribution in [2.45, 2.75) is 50.5 Å². The van der Waals surface area contributed by atoms with Gasteiger partial charge in [-0.15, -0.1) is 0 Å². The Morgan fingerprint density at radius 2 is 1.53 bits per heavy atom. The first-order valence-electron chi connectivity index (χ1n) is 10.7. The number of carbonyl (C=O) groups is 3. The number of primary amides is 1. The molecule has 0 radical (unpaired) electrons. The van der Waals surface area contributed by atoms with Gasteiger partial charge >= 0.3 is 0 Å². The highest BCUT2D eigenvalue weighted by molar-refractivity contribution is 7.89. The van der Waals surface area contributed by atoms with Crippen LogP contribution >= 0.6 is 0 Å². The number of carbonyl (C=O) groups excluding carboxylic acids is 3. The van der Waals surface area contributed by atoms with Gasteiger partial charge < -0.3 is 5.73 Å². The molecule has 3 N–H and O–H groups in total. The topological polar surface area (TPSA) is 123 Å². The quantitative estimate of drug-likeness (QED) is 0.420. The van der Waals surface area contributed by atoms with E-state index in [0.29, 0.717) is 30.4 Å². The van der Waals surface area contributed by atoms with Gasteiger partial charge in [0.15, 0.2) is 11.6 Å². The molecule has 2 aromatic carbocycles. The summed E-state index contributed by atoms with van der Waals surface area (Å²) in [6, 6.07) is 12.4.